The van der Waals surface area contributed by atoms with Crippen molar-refractivity contribution in [3.63, 3.8) is 0 Å². The predicted molar refractivity (Wildman–Crippen MR) is 124 cm³/mol. The van der Waals surface area contributed by atoms with Gasteiger partial charge in [-0.2, -0.15) is 5.10 Å². The van der Waals surface area contributed by atoms with Crippen molar-refractivity contribution in [3.8, 4) is 16.9 Å². The molecule has 0 N–H and O–H groups in total. The molecule has 1 saturated heterocycles. The van der Waals surface area contributed by atoms with Crippen LogP contribution < -0.4 is 4.90 Å². The van der Waals surface area contributed by atoms with Crippen molar-refractivity contribution in [3.05, 3.63) is 90.5 Å². The van der Waals surface area contributed by atoms with Gasteiger partial charge in [-0.05, 0) is 48.9 Å². The summed E-state index contributed by atoms with van der Waals surface area (Å²) >= 11 is 0. The first kappa shape index (κ1) is 19.9. The van der Waals surface area contributed by atoms with Crippen molar-refractivity contribution < 1.29 is 4.79 Å². The highest BCUT2D eigenvalue weighted by molar-refractivity contribution is 5.94. The molecule has 0 atom stereocenters. The van der Waals surface area contributed by atoms with E-state index in [1.54, 1.807) is 12.4 Å². The molecular weight excluding hydrogens is 400 g/mol. The lowest BCUT2D eigenvalue weighted by atomic mass is 10.1. The zero-order valence-corrected chi connectivity index (χ0v) is 17.9. The number of piperazine rings is 1. The number of aromatic nitrogens is 4. The molecule has 0 radical (unpaired) electrons. The molecule has 32 heavy (non-hydrogen) atoms. The number of carbonyl (C=O) groups excluding carboxylic acids is 1. The summed E-state index contributed by atoms with van der Waals surface area (Å²) in [5.41, 5.74) is 4.34. The minimum Gasteiger partial charge on any atom is -0.353 e. The fraction of sp³-hybridized carbons (Fsp3) is 0.200. The molecule has 4 heterocycles. The topological polar surface area (TPSA) is 67.2 Å². The number of carbonyl (C=O) groups is 1. The Bertz CT molecular complexity index is 1160. The van der Waals surface area contributed by atoms with Crippen molar-refractivity contribution >= 4 is 11.7 Å². The molecule has 0 saturated carbocycles. The van der Waals surface area contributed by atoms with Crippen LogP contribution in [0.25, 0.3) is 16.9 Å². The summed E-state index contributed by atoms with van der Waals surface area (Å²) in [5, 5.41) is 4.70. The highest BCUT2D eigenvalue weighted by atomic mass is 16.2. The smallest absolute Gasteiger partial charge is 0.274 e. The van der Waals surface area contributed by atoms with Crippen LogP contribution in [0.15, 0.2) is 79.3 Å². The summed E-state index contributed by atoms with van der Waals surface area (Å²) in [5.74, 6) is 0.945. The first-order chi connectivity index (χ1) is 15.7. The van der Waals surface area contributed by atoms with E-state index in [0.717, 1.165) is 41.4 Å². The molecule has 0 unspecified atom stereocenters. The van der Waals surface area contributed by atoms with Crippen molar-refractivity contribution in [2.45, 2.75) is 6.92 Å². The number of hydrogen-bond donors (Lipinski definition) is 0. The van der Waals surface area contributed by atoms with Crippen LogP contribution in [-0.4, -0.2) is 56.7 Å². The summed E-state index contributed by atoms with van der Waals surface area (Å²) in [6.07, 6.45) is 5.31. The third-order valence-corrected chi connectivity index (χ3v) is 5.75. The highest BCUT2D eigenvalue weighted by Gasteiger charge is 2.26. The van der Waals surface area contributed by atoms with Gasteiger partial charge in [-0.25, -0.2) is 9.67 Å². The number of benzene rings is 1. The number of para-hydroxylation sites is 1. The Morgan fingerprint density at radius 2 is 1.62 bits per heavy atom. The average molecular weight is 425 g/mol. The molecule has 3 aromatic heterocycles. The van der Waals surface area contributed by atoms with Crippen LogP contribution >= 0.6 is 0 Å². The van der Waals surface area contributed by atoms with E-state index in [-0.39, 0.29) is 5.91 Å². The monoisotopic (exact) mass is 424 g/mol. The summed E-state index contributed by atoms with van der Waals surface area (Å²) in [7, 11) is 0. The molecule has 0 spiro atoms. The molecule has 1 aliphatic heterocycles. The van der Waals surface area contributed by atoms with Crippen LogP contribution in [0, 0.1) is 6.92 Å². The lowest BCUT2D eigenvalue weighted by molar-refractivity contribution is 0.0740. The highest BCUT2D eigenvalue weighted by Crippen LogP contribution is 2.25. The molecule has 7 nitrogen and oxygen atoms in total. The van der Waals surface area contributed by atoms with Crippen molar-refractivity contribution in [1.82, 2.24) is 24.6 Å². The summed E-state index contributed by atoms with van der Waals surface area (Å²) in [4.78, 5) is 26.1. The minimum absolute atomic E-state index is 0.0487. The molecule has 0 aliphatic carbocycles. The fourth-order valence-electron chi connectivity index (χ4n) is 4.07. The molecule has 1 aromatic carbocycles. The van der Waals surface area contributed by atoms with Gasteiger partial charge in [0.25, 0.3) is 5.91 Å². The van der Waals surface area contributed by atoms with Gasteiger partial charge < -0.3 is 9.80 Å². The molecule has 1 fully saturated rings. The van der Waals surface area contributed by atoms with Crippen LogP contribution in [0.5, 0.6) is 0 Å². The summed E-state index contributed by atoms with van der Waals surface area (Å²) < 4.78 is 1.83. The van der Waals surface area contributed by atoms with Gasteiger partial charge in [0.05, 0.1) is 11.4 Å². The second-order valence-corrected chi connectivity index (χ2v) is 7.82. The van der Waals surface area contributed by atoms with E-state index in [0.29, 0.717) is 18.8 Å². The quantitative estimate of drug-likeness (QED) is 0.501. The Hall–Kier alpha value is -4.00. The van der Waals surface area contributed by atoms with E-state index in [4.69, 9.17) is 5.10 Å². The normalized spacial score (nSPS) is 13.9. The van der Waals surface area contributed by atoms with Crippen LogP contribution in [0.2, 0.25) is 0 Å². The first-order valence-corrected chi connectivity index (χ1v) is 10.7. The van der Waals surface area contributed by atoms with E-state index < -0.39 is 0 Å². The van der Waals surface area contributed by atoms with Crippen molar-refractivity contribution in [2.75, 3.05) is 31.1 Å². The molecule has 5 rings (SSSR count). The van der Waals surface area contributed by atoms with Gasteiger partial charge in [0.15, 0.2) is 5.69 Å². The van der Waals surface area contributed by atoms with E-state index in [9.17, 15) is 4.79 Å². The third-order valence-electron chi connectivity index (χ3n) is 5.75. The molecule has 7 heteroatoms. The van der Waals surface area contributed by atoms with Crippen LogP contribution in [0.1, 0.15) is 16.1 Å². The Morgan fingerprint density at radius 1 is 0.875 bits per heavy atom. The van der Waals surface area contributed by atoms with Crippen LogP contribution in [0.3, 0.4) is 0 Å². The van der Waals surface area contributed by atoms with Crippen molar-refractivity contribution in [1.29, 1.82) is 0 Å². The maximum Gasteiger partial charge on any atom is 0.274 e. The molecule has 1 amide bonds. The van der Waals surface area contributed by atoms with Gasteiger partial charge >= 0.3 is 0 Å². The number of rotatable bonds is 4. The molecule has 0 bridgehead atoms. The maximum absolute atomic E-state index is 13.3. The molecule has 160 valence electrons. The Labute approximate surface area is 187 Å². The van der Waals surface area contributed by atoms with E-state index in [2.05, 4.69) is 27.9 Å². The largest absolute Gasteiger partial charge is 0.353 e. The average Bonchev–Trinajstić information content (AvgIpc) is 3.31. The van der Waals surface area contributed by atoms with Crippen LogP contribution in [0.4, 0.5) is 5.82 Å². The van der Waals surface area contributed by atoms with Gasteiger partial charge in [-0.3, -0.25) is 9.78 Å². The summed E-state index contributed by atoms with van der Waals surface area (Å²) in [6.45, 7) is 4.84. The van der Waals surface area contributed by atoms with Gasteiger partial charge in [0, 0.05) is 50.3 Å². The lowest BCUT2D eigenvalue weighted by Gasteiger charge is -2.35. The van der Waals surface area contributed by atoms with E-state index >= 15 is 0 Å². The third kappa shape index (κ3) is 3.85. The lowest BCUT2D eigenvalue weighted by Crippen LogP contribution is -2.49. The number of anilines is 1. The molecule has 4 aromatic rings. The van der Waals surface area contributed by atoms with Crippen molar-refractivity contribution in [2.24, 2.45) is 0 Å². The van der Waals surface area contributed by atoms with Gasteiger partial charge in [-0.15, -0.1) is 0 Å². The summed E-state index contributed by atoms with van der Waals surface area (Å²) in [6, 6.07) is 19.6. The second-order valence-electron chi connectivity index (χ2n) is 7.82. The number of pyridine rings is 2. The number of aryl methyl sites for hydroxylation is 1. The predicted octanol–water partition coefficient (Wildman–Crippen LogP) is 3.60. The molecular formula is C25H24N6O. The van der Waals surface area contributed by atoms with E-state index in [1.165, 1.54) is 0 Å². The number of hydrogen-bond acceptors (Lipinski definition) is 5. The fourth-order valence-corrected chi connectivity index (χ4v) is 4.07. The second kappa shape index (κ2) is 8.63. The van der Waals surface area contributed by atoms with E-state index in [1.807, 2.05) is 70.4 Å². The minimum atomic E-state index is -0.0487. The Morgan fingerprint density at radius 3 is 2.34 bits per heavy atom. The van der Waals surface area contributed by atoms with Gasteiger partial charge in [0.1, 0.15) is 5.82 Å². The first-order valence-electron chi connectivity index (χ1n) is 10.7. The Balaban J connectivity index is 1.40. The zero-order valence-electron chi connectivity index (χ0n) is 17.9. The SMILES string of the molecule is Cc1cccnc1N1CCN(C(=O)c2cc(-c3ccncc3)n(-c3ccccc3)n2)CC1. The standard InChI is InChI=1S/C25H24N6O/c1-19-6-5-11-27-24(19)29-14-16-30(17-15-29)25(32)22-18-23(20-9-12-26-13-10-20)31(28-22)21-7-3-2-4-8-21/h2-13,18H,14-17H2,1H3. The zero-order chi connectivity index (χ0) is 21.9. The molecule has 1 aliphatic rings. The van der Waals surface area contributed by atoms with Gasteiger partial charge in [-0.1, -0.05) is 24.3 Å². The maximum atomic E-state index is 13.3. The van der Waals surface area contributed by atoms with Gasteiger partial charge in [0.2, 0.25) is 0 Å². The number of amides is 1. The Kier molecular flexibility index (Phi) is 5.37. The van der Waals surface area contributed by atoms with Crippen LogP contribution in [-0.2, 0) is 0 Å². The number of nitrogens with zero attached hydrogens (tertiary/aromatic N) is 6.